The number of nitrogens with one attached hydrogen (secondary N) is 2. The van der Waals surface area contributed by atoms with Gasteiger partial charge in [0.25, 0.3) is 5.91 Å². The second-order valence-corrected chi connectivity index (χ2v) is 8.55. The van der Waals surface area contributed by atoms with Gasteiger partial charge in [-0.1, -0.05) is 12.1 Å². The van der Waals surface area contributed by atoms with Crippen molar-refractivity contribution >= 4 is 11.8 Å². The monoisotopic (exact) mass is 424 g/mol. The molecule has 7 heteroatoms. The van der Waals surface area contributed by atoms with E-state index in [1.54, 1.807) is 24.3 Å². The van der Waals surface area contributed by atoms with Crippen LogP contribution in [0.5, 0.6) is 0 Å². The van der Waals surface area contributed by atoms with Crippen molar-refractivity contribution in [2.75, 3.05) is 19.6 Å². The van der Waals surface area contributed by atoms with E-state index in [2.05, 4.69) is 22.5 Å². The van der Waals surface area contributed by atoms with Crippen LogP contribution in [0.15, 0.2) is 42.6 Å². The second-order valence-electron chi connectivity index (χ2n) is 8.55. The highest BCUT2D eigenvalue weighted by atomic mass is 19.1. The third kappa shape index (κ3) is 5.10. The summed E-state index contributed by atoms with van der Waals surface area (Å²) < 4.78 is 13.4. The lowest BCUT2D eigenvalue weighted by atomic mass is 9.84. The van der Waals surface area contributed by atoms with Crippen LogP contribution in [-0.4, -0.2) is 53.4 Å². The zero-order valence-corrected chi connectivity index (χ0v) is 17.8. The van der Waals surface area contributed by atoms with Crippen molar-refractivity contribution in [1.82, 2.24) is 20.5 Å². The van der Waals surface area contributed by atoms with Crippen LogP contribution in [-0.2, 0) is 4.79 Å². The average Bonchev–Trinajstić information content (AvgIpc) is 2.79. The minimum absolute atomic E-state index is 0.0564. The maximum atomic E-state index is 13.4. The molecule has 6 nitrogen and oxygen atoms in total. The van der Waals surface area contributed by atoms with Crippen LogP contribution < -0.4 is 10.6 Å². The van der Waals surface area contributed by atoms with Gasteiger partial charge in [0, 0.05) is 49.4 Å². The summed E-state index contributed by atoms with van der Waals surface area (Å²) in [5.74, 6) is -0.165. The van der Waals surface area contributed by atoms with Crippen molar-refractivity contribution in [3.05, 3.63) is 54.0 Å². The highest BCUT2D eigenvalue weighted by Gasteiger charge is 2.32. The number of piperazine rings is 1. The van der Waals surface area contributed by atoms with Crippen molar-refractivity contribution in [2.45, 2.75) is 44.7 Å². The number of amides is 2. The first-order valence-corrected chi connectivity index (χ1v) is 11.1. The topological polar surface area (TPSA) is 74.3 Å². The van der Waals surface area contributed by atoms with E-state index in [9.17, 15) is 14.0 Å². The van der Waals surface area contributed by atoms with Gasteiger partial charge in [-0.3, -0.25) is 14.6 Å². The molecule has 1 aliphatic heterocycles. The first-order chi connectivity index (χ1) is 15.0. The summed E-state index contributed by atoms with van der Waals surface area (Å²) in [6, 6.07) is 9.97. The van der Waals surface area contributed by atoms with E-state index >= 15 is 0 Å². The van der Waals surface area contributed by atoms with E-state index in [-0.39, 0.29) is 35.6 Å². The highest BCUT2D eigenvalue weighted by Crippen LogP contribution is 2.27. The van der Waals surface area contributed by atoms with Crippen LogP contribution in [0.25, 0.3) is 11.3 Å². The Labute approximate surface area is 182 Å². The summed E-state index contributed by atoms with van der Waals surface area (Å²) in [7, 11) is 0. The first-order valence-electron chi connectivity index (χ1n) is 11.1. The van der Waals surface area contributed by atoms with E-state index in [1.807, 2.05) is 4.90 Å². The number of carbonyl (C=O) groups is 2. The number of halogens is 1. The number of rotatable bonds is 4. The van der Waals surface area contributed by atoms with E-state index in [0.29, 0.717) is 16.8 Å². The minimum atomic E-state index is -0.318. The Morgan fingerprint density at radius 1 is 1.16 bits per heavy atom. The number of benzene rings is 1. The van der Waals surface area contributed by atoms with Crippen LogP contribution >= 0.6 is 0 Å². The summed E-state index contributed by atoms with van der Waals surface area (Å²) in [6.07, 6.45) is 4.74. The molecule has 4 rings (SSSR count). The zero-order valence-electron chi connectivity index (χ0n) is 17.8. The third-order valence-electron chi connectivity index (χ3n) is 6.34. The van der Waals surface area contributed by atoms with Crippen LogP contribution in [0, 0.1) is 11.7 Å². The summed E-state index contributed by atoms with van der Waals surface area (Å²) in [4.78, 5) is 31.8. The predicted octanol–water partition coefficient (Wildman–Crippen LogP) is 3.00. The molecule has 1 aromatic heterocycles. The number of hydrogen-bond acceptors (Lipinski definition) is 4. The van der Waals surface area contributed by atoms with Gasteiger partial charge in [-0.05, 0) is 56.9 Å². The lowest BCUT2D eigenvalue weighted by molar-refractivity contribution is -0.139. The van der Waals surface area contributed by atoms with Crippen molar-refractivity contribution < 1.29 is 14.0 Å². The van der Waals surface area contributed by atoms with Gasteiger partial charge < -0.3 is 15.5 Å². The van der Waals surface area contributed by atoms with Crippen molar-refractivity contribution in [1.29, 1.82) is 0 Å². The van der Waals surface area contributed by atoms with Crippen molar-refractivity contribution in [3.63, 3.8) is 0 Å². The smallest absolute Gasteiger partial charge is 0.253 e. The number of carbonyl (C=O) groups excluding carboxylic acids is 2. The fraction of sp³-hybridized carbons (Fsp3) is 0.458. The Morgan fingerprint density at radius 3 is 2.65 bits per heavy atom. The maximum absolute atomic E-state index is 13.4. The van der Waals surface area contributed by atoms with E-state index in [4.69, 9.17) is 0 Å². The molecule has 31 heavy (non-hydrogen) atoms. The lowest BCUT2D eigenvalue weighted by Crippen LogP contribution is -2.54. The van der Waals surface area contributed by atoms with Crippen LogP contribution in [0.2, 0.25) is 0 Å². The number of hydrogen-bond donors (Lipinski definition) is 2. The molecule has 2 heterocycles. The summed E-state index contributed by atoms with van der Waals surface area (Å²) in [5.41, 5.74) is 1.78. The van der Waals surface area contributed by atoms with Crippen LogP contribution in [0.1, 0.15) is 43.0 Å². The molecule has 0 radical (unpaired) electrons. The summed E-state index contributed by atoms with van der Waals surface area (Å²) in [5, 5.41) is 6.40. The fourth-order valence-electron chi connectivity index (χ4n) is 4.50. The van der Waals surface area contributed by atoms with Crippen molar-refractivity contribution in [2.24, 2.45) is 5.92 Å². The third-order valence-corrected chi connectivity index (χ3v) is 6.34. The van der Waals surface area contributed by atoms with Crippen molar-refractivity contribution in [3.8, 4) is 11.3 Å². The Morgan fingerprint density at radius 2 is 1.97 bits per heavy atom. The molecule has 2 N–H and O–H groups in total. The Balaban J connectivity index is 1.29. The number of nitrogens with zero attached hydrogens (tertiary/aromatic N) is 2. The fourth-order valence-corrected chi connectivity index (χ4v) is 4.50. The first kappa shape index (κ1) is 21.4. The standard InChI is InChI=1S/C24H29FN4O2/c1-16-14-26-11-12-29(16)24(31)17-5-8-21(9-6-17)28-23(30)19-7-10-22(27-15-19)18-3-2-4-20(25)13-18/h2-4,7,10,13,15-17,21,26H,5-6,8-9,11-12,14H2,1H3,(H,28,30)/t16-,17?,21?/m0/s1. The average molecular weight is 425 g/mol. The molecule has 1 aliphatic carbocycles. The molecule has 1 aromatic carbocycles. The predicted molar refractivity (Wildman–Crippen MR) is 117 cm³/mol. The largest absolute Gasteiger partial charge is 0.349 e. The van der Waals surface area contributed by atoms with Gasteiger partial charge in [0.05, 0.1) is 11.3 Å². The molecule has 2 aliphatic rings. The molecule has 1 saturated heterocycles. The van der Waals surface area contributed by atoms with E-state index in [1.165, 1.54) is 18.3 Å². The van der Waals surface area contributed by atoms with Gasteiger partial charge in [-0.15, -0.1) is 0 Å². The minimum Gasteiger partial charge on any atom is -0.349 e. The molecular formula is C24H29FN4O2. The Kier molecular flexibility index (Phi) is 6.61. The molecule has 1 saturated carbocycles. The zero-order chi connectivity index (χ0) is 21.8. The molecule has 164 valence electrons. The second kappa shape index (κ2) is 9.56. The van der Waals surface area contributed by atoms with E-state index in [0.717, 1.165) is 45.3 Å². The summed E-state index contributed by atoms with van der Waals surface area (Å²) >= 11 is 0. The molecule has 1 atom stereocenters. The van der Waals surface area contributed by atoms with Crippen LogP contribution in [0.4, 0.5) is 4.39 Å². The van der Waals surface area contributed by atoms with Gasteiger partial charge >= 0.3 is 0 Å². The van der Waals surface area contributed by atoms with Gasteiger partial charge in [0.15, 0.2) is 0 Å². The van der Waals surface area contributed by atoms with Gasteiger partial charge in [-0.25, -0.2) is 4.39 Å². The lowest BCUT2D eigenvalue weighted by Gasteiger charge is -2.38. The molecule has 2 fully saturated rings. The van der Waals surface area contributed by atoms with Gasteiger partial charge in [0.2, 0.25) is 5.91 Å². The molecule has 2 amide bonds. The quantitative estimate of drug-likeness (QED) is 0.791. The Hall–Kier alpha value is -2.80. The number of pyridine rings is 1. The van der Waals surface area contributed by atoms with Gasteiger partial charge in [0.1, 0.15) is 5.82 Å². The highest BCUT2D eigenvalue weighted by molar-refractivity contribution is 5.94. The molecule has 0 bridgehead atoms. The number of aromatic nitrogens is 1. The molecule has 0 unspecified atom stereocenters. The molecular weight excluding hydrogens is 395 g/mol. The summed E-state index contributed by atoms with van der Waals surface area (Å²) in [6.45, 7) is 4.56. The molecule has 0 spiro atoms. The van der Waals surface area contributed by atoms with Gasteiger partial charge in [-0.2, -0.15) is 0 Å². The Bertz CT molecular complexity index is 925. The van der Waals surface area contributed by atoms with Crippen LogP contribution in [0.3, 0.4) is 0 Å². The maximum Gasteiger partial charge on any atom is 0.253 e. The molecule has 2 aromatic rings. The van der Waals surface area contributed by atoms with E-state index < -0.39 is 0 Å². The normalized spacial score (nSPS) is 23.9. The SMILES string of the molecule is C[C@H]1CNCCN1C(=O)C1CCC(NC(=O)c2ccc(-c3cccc(F)c3)nc2)CC1.